The first-order chi connectivity index (χ1) is 9.74. The van der Waals surface area contributed by atoms with Gasteiger partial charge in [-0.25, -0.2) is 0 Å². The maximum Gasteiger partial charge on any atom is 0.241 e. The lowest BCUT2D eigenvalue weighted by Crippen LogP contribution is -2.75. The number of carbonyl (C=O) groups is 1. The zero-order valence-corrected chi connectivity index (χ0v) is 13.7. The van der Waals surface area contributed by atoms with Crippen molar-refractivity contribution in [2.45, 2.75) is 52.3 Å². The zero-order valence-electron chi connectivity index (χ0n) is 13.7. The summed E-state index contributed by atoms with van der Waals surface area (Å²) < 4.78 is 7.73. The van der Waals surface area contributed by atoms with E-state index in [1.165, 1.54) is 5.69 Å². The molecule has 5 heteroatoms. The molecule has 1 fully saturated rings. The minimum absolute atomic E-state index is 0.0514. The molecule has 1 aromatic heterocycles. The third kappa shape index (κ3) is 2.49. The zero-order chi connectivity index (χ0) is 15.8. The quantitative estimate of drug-likeness (QED) is 0.864. The number of ether oxygens (including phenoxy) is 1. The molecule has 1 aliphatic rings. The van der Waals surface area contributed by atoms with Crippen LogP contribution in [0, 0.1) is 12.3 Å². The van der Waals surface area contributed by atoms with Crippen molar-refractivity contribution < 1.29 is 9.53 Å². The molecular weight excluding hydrogens is 266 g/mol. The maximum atomic E-state index is 12.5. The predicted molar refractivity (Wildman–Crippen MR) is 82.7 cm³/mol. The van der Waals surface area contributed by atoms with Crippen molar-refractivity contribution >= 4 is 5.91 Å². The highest BCUT2D eigenvalue weighted by Crippen LogP contribution is 2.49. The number of hydrogen-bond donors (Lipinski definition) is 2. The fourth-order valence-electron chi connectivity index (χ4n) is 2.99. The van der Waals surface area contributed by atoms with Crippen LogP contribution in [0.3, 0.4) is 0 Å². The summed E-state index contributed by atoms with van der Waals surface area (Å²) in [5.74, 6) is -0.0951. The number of hydrogen-bond acceptors (Lipinski definition) is 3. The van der Waals surface area contributed by atoms with Crippen LogP contribution in [-0.4, -0.2) is 28.7 Å². The maximum absolute atomic E-state index is 12.5. The molecule has 2 unspecified atom stereocenters. The van der Waals surface area contributed by atoms with Gasteiger partial charge in [0.1, 0.15) is 5.54 Å². The summed E-state index contributed by atoms with van der Waals surface area (Å²) in [7, 11) is 1.99. The van der Waals surface area contributed by atoms with Gasteiger partial charge in [0, 0.05) is 36.9 Å². The molecule has 0 spiro atoms. The lowest BCUT2D eigenvalue weighted by Gasteiger charge is -2.57. The van der Waals surface area contributed by atoms with Crippen LogP contribution in [0.25, 0.3) is 0 Å². The number of amides is 1. The number of aromatic nitrogens is 1. The van der Waals surface area contributed by atoms with Gasteiger partial charge in [0.05, 0.1) is 12.6 Å². The molecule has 0 radical (unpaired) electrons. The van der Waals surface area contributed by atoms with Gasteiger partial charge in [-0.2, -0.15) is 0 Å². The monoisotopic (exact) mass is 293 g/mol. The van der Waals surface area contributed by atoms with E-state index in [4.69, 9.17) is 10.5 Å². The normalized spacial score (nSPS) is 27.2. The Labute approximate surface area is 126 Å². The average molecular weight is 293 g/mol. The van der Waals surface area contributed by atoms with Gasteiger partial charge < -0.3 is 20.4 Å². The van der Waals surface area contributed by atoms with E-state index in [-0.39, 0.29) is 17.4 Å². The minimum atomic E-state index is -0.854. The molecule has 2 rings (SSSR count). The van der Waals surface area contributed by atoms with Gasteiger partial charge in [0.2, 0.25) is 5.91 Å². The van der Waals surface area contributed by atoms with Crippen LogP contribution < -0.4 is 11.1 Å². The highest BCUT2D eigenvalue weighted by Gasteiger charge is 2.62. The fraction of sp³-hybridized carbons (Fsp3) is 0.688. The van der Waals surface area contributed by atoms with Crippen LogP contribution in [0.4, 0.5) is 0 Å². The Hall–Kier alpha value is -1.33. The van der Waals surface area contributed by atoms with E-state index in [0.717, 1.165) is 5.69 Å². The highest BCUT2D eigenvalue weighted by atomic mass is 16.5. The van der Waals surface area contributed by atoms with E-state index in [1.807, 2.05) is 46.9 Å². The molecule has 118 valence electrons. The van der Waals surface area contributed by atoms with E-state index in [9.17, 15) is 4.79 Å². The molecule has 2 atom stereocenters. The Kier molecular flexibility index (Phi) is 4.17. The summed E-state index contributed by atoms with van der Waals surface area (Å²) in [4.78, 5) is 12.5. The predicted octanol–water partition coefficient (Wildman–Crippen LogP) is 1.48. The first-order valence-corrected chi connectivity index (χ1v) is 7.54. The lowest BCUT2D eigenvalue weighted by atomic mass is 9.54. The van der Waals surface area contributed by atoms with Crippen molar-refractivity contribution in [3.05, 3.63) is 23.5 Å². The summed E-state index contributed by atoms with van der Waals surface area (Å²) in [5.41, 5.74) is 7.39. The number of carbonyl (C=O) groups excluding carboxylic acids is 1. The molecule has 0 saturated heterocycles. The first-order valence-electron chi connectivity index (χ1n) is 7.54. The van der Waals surface area contributed by atoms with Crippen LogP contribution >= 0.6 is 0 Å². The Morgan fingerprint density at radius 1 is 1.52 bits per heavy atom. The lowest BCUT2D eigenvalue weighted by molar-refractivity contribution is -0.170. The van der Waals surface area contributed by atoms with Gasteiger partial charge in [-0.3, -0.25) is 4.79 Å². The van der Waals surface area contributed by atoms with Crippen molar-refractivity contribution in [1.82, 2.24) is 9.88 Å². The number of nitrogens with zero attached hydrogens (tertiary/aromatic N) is 1. The molecule has 1 amide bonds. The van der Waals surface area contributed by atoms with Gasteiger partial charge in [0.15, 0.2) is 0 Å². The van der Waals surface area contributed by atoms with E-state index < -0.39 is 5.54 Å². The van der Waals surface area contributed by atoms with Crippen molar-refractivity contribution in [2.24, 2.45) is 18.2 Å². The Balaban J connectivity index is 1.99. The number of nitrogens with one attached hydrogen (secondary N) is 1. The number of aryl methyl sites for hydroxylation is 1. The van der Waals surface area contributed by atoms with Gasteiger partial charge in [-0.1, -0.05) is 13.8 Å². The average Bonchev–Trinajstić information content (AvgIpc) is 2.75. The fourth-order valence-corrected chi connectivity index (χ4v) is 2.99. The molecule has 1 saturated carbocycles. The largest absolute Gasteiger partial charge is 0.378 e. The summed E-state index contributed by atoms with van der Waals surface area (Å²) in [6.45, 7) is 9.15. The standard InChI is InChI=1S/C16H27N3O2/c1-6-21-13-9-16(17,15(13,3)4)14(20)18-10-12-8-7-11(2)19(12)5/h7-8,13H,6,9-10,17H2,1-5H3,(H,18,20). The van der Waals surface area contributed by atoms with Crippen molar-refractivity contribution in [2.75, 3.05) is 6.61 Å². The molecule has 1 aromatic rings. The Morgan fingerprint density at radius 3 is 2.67 bits per heavy atom. The van der Waals surface area contributed by atoms with E-state index in [1.54, 1.807) is 0 Å². The van der Waals surface area contributed by atoms with Crippen LogP contribution in [0.15, 0.2) is 12.1 Å². The van der Waals surface area contributed by atoms with Crippen molar-refractivity contribution in [3.8, 4) is 0 Å². The molecule has 1 aliphatic carbocycles. The highest BCUT2D eigenvalue weighted by molar-refractivity contribution is 5.88. The summed E-state index contributed by atoms with van der Waals surface area (Å²) >= 11 is 0. The number of rotatable bonds is 5. The second kappa shape index (κ2) is 5.46. The van der Waals surface area contributed by atoms with Crippen LogP contribution in [0.2, 0.25) is 0 Å². The van der Waals surface area contributed by atoms with Gasteiger partial charge in [-0.15, -0.1) is 0 Å². The SMILES string of the molecule is CCOC1CC(N)(C(=O)NCc2ccc(C)n2C)C1(C)C. The van der Waals surface area contributed by atoms with Gasteiger partial charge in [-0.05, 0) is 26.0 Å². The van der Waals surface area contributed by atoms with Crippen molar-refractivity contribution in [1.29, 1.82) is 0 Å². The summed E-state index contributed by atoms with van der Waals surface area (Å²) in [6, 6.07) is 4.06. The molecule has 0 bridgehead atoms. The second-order valence-corrected chi connectivity index (χ2v) is 6.55. The molecular formula is C16H27N3O2. The van der Waals surface area contributed by atoms with Gasteiger partial charge in [0.25, 0.3) is 0 Å². The van der Waals surface area contributed by atoms with Gasteiger partial charge >= 0.3 is 0 Å². The molecule has 0 aromatic carbocycles. The first kappa shape index (κ1) is 16.0. The number of nitrogens with two attached hydrogens (primary N) is 1. The Morgan fingerprint density at radius 2 is 2.19 bits per heavy atom. The van der Waals surface area contributed by atoms with E-state index in [0.29, 0.717) is 19.6 Å². The van der Waals surface area contributed by atoms with Crippen LogP contribution in [0.1, 0.15) is 38.6 Å². The molecule has 21 heavy (non-hydrogen) atoms. The van der Waals surface area contributed by atoms with Crippen LogP contribution in [-0.2, 0) is 23.1 Å². The summed E-state index contributed by atoms with van der Waals surface area (Å²) in [5, 5.41) is 2.97. The molecule has 3 N–H and O–H groups in total. The molecule has 0 aliphatic heterocycles. The molecule has 5 nitrogen and oxygen atoms in total. The second-order valence-electron chi connectivity index (χ2n) is 6.55. The van der Waals surface area contributed by atoms with Crippen LogP contribution in [0.5, 0.6) is 0 Å². The summed E-state index contributed by atoms with van der Waals surface area (Å²) in [6.07, 6.45) is 0.627. The smallest absolute Gasteiger partial charge is 0.241 e. The molecule has 1 heterocycles. The third-order valence-electron chi connectivity index (χ3n) is 5.14. The Bertz CT molecular complexity index is 536. The van der Waals surface area contributed by atoms with Crippen molar-refractivity contribution in [3.63, 3.8) is 0 Å². The minimum Gasteiger partial charge on any atom is -0.378 e. The van der Waals surface area contributed by atoms with E-state index >= 15 is 0 Å². The third-order valence-corrected chi connectivity index (χ3v) is 5.14. The van der Waals surface area contributed by atoms with E-state index in [2.05, 4.69) is 9.88 Å². The topological polar surface area (TPSA) is 69.3 Å².